The zero-order valence-corrected chi connectivity index (χ0v) is 12.7. The number of rotatable bonds is 3. The summed E-state index contributed by atoms with van der Waals surface area (Å²) in [5.74, 6) is 2.37. The highest BCUT2D eigenvalue weighted by molar-refractivity contribution is 9.10. The highest BCUT2D eigenvalue weighted by Gasteiger charge is 2.23. The molecule has 2 N–H and O–H groups in total. The van der Waals surface area contributed by atoms with E-state index in [1.165, 1.54) is 11.5 Å². The van der Waals surface area contributed by atoms with Crippen LogP contribution in [0, 0.1) is 0 Å². The van der Waals surface area contributed by atoms with Crippen molar-refractivity contribution in [2.24, 2.45) is 5.73 Å². The van der Waals surface area contributed by atoms with Gasteiger partial charge < -0.3 is 5.73 Å². The summed E-state index contributed by atoms with van der Waals surface area (Å²) < 4.78 is 1.06. The Morgan fingerprint density at radius 2 is 2.12 bits per heavy atom. The van der Waals surface area contributed by atoms with Crippen LogP contribution in [0.2, 0.25) is 5.02 Å². The molecule has 1 heterocycles. The van der Waals surface area contributed by atoms with Gasteiger partial charge in [0.05, 0.1) is 0 Å². The Morgan fingerprint density at radius 3 is 2.76 bits per heavy atom. The molecule has 0 aliphatic carbocycles. The maximum atomic E-state index is 6.28. The van der Waals surface area contributed by atoms with E-state index in [1.807, 2.05) is 23.9 Å². The quantitative estimate of drug-likeness (QED) is 0.920. The smallest absolute Gasteiger partial charge is 0.0486 e. The fourth-order valence-corrected chi connectivity index (χ4v) is 3.69. The van der Waals surface area contributed by atoms with Crippen molar-refractivity contribution in [3.63, 3.8) is 0 Å². The molecule has 5 heteroatoms. The van der Waals surface area contributed by atoms with E-state index < -0.39 is 0 Å². The van der Waals surface area contributed by atoms with Gasteiger partial charge >= 0.3 is 0 Å². The highest BCUT2D eigenvalue weighted by atomic mass is 79.9. The van der Waals surface area contributed by atoms with E-state index in [2.05, 4.69) is 26.9 Å². The lowest BCUT2D eigenvalue weighted by atomic mass is 10.1. The predicted octanol–water partition coefficient (Wildman–Crippen LogP) is 3.15. The van der Waals surface area contributed by atoms with Crippen molar-refractivity contribution in [3.8, 4) is 0 Å². The molecular weight excluding hydrogens is 320 g/mol. The van der Waals surface area contributed by atoms with Crippen LogP contribution in [-0.2, 0) is 0 Å². The largest absolute Gasteiger partial charge is 0.329 e. The average Bonchev–Trinajstić information content (AvgIpc) is 2.36. The van der Waals surface area contributed by atoms with Crippen molar-refractivity contribution in [2.45, 2.75) is 6.04 Å². The molecule has 17 heavy (non-hydrogen) atoms. The van der Waals surface area contributed by atoms with Gasteiger partial charge in [0.1, 0.15) is 0 Å². The summed E-state index contributed by atoms with van der Waals surface area (Å²) in [6, 6.07) is 6.22. The second-order valence-corrected chi connectivity index (χ2v) is 6.61. The molecule has 2 rings (SSSR count). The van der Waals surface area contributed by atoms with E-state index in [4.69, 9.17) is 17.3 Å². The molecule has 1 atom stereocenters. The van der Waals surface area contributed by atoms with Crippen LogP contribution < -0.4 is 5.73 Å². The Hall–Kier alpha value is 0.260. The summed E-state index contributed by atoms with van der Waals surface area (Å²) in [6.45, 7) is 2.80. The second-order valence-electron chi connectivity index (χ2n) is 4.07. The highest BCUT2D eigenvalue weighted by Crippen LogP contribution is 2.31. The van der Waals surface area contributed by atoms with Gasteiger partial charge in [0, 0.05) is 46.7 Å². The number of hydrogen-bond acceptors (Lipinski definition) is 3. The summed E-state index contributed by atoms with van der Waals surface area (Å²) >= 11 is 11.8. The summed E-state index contributed by atoms with van der Waals surface area (Å²) in [7, 11) is 0. The minimum atomic E-state index is 0.237. The zero-order chi connectivity index (χ0) is 12.3. The number of benzene rings is 1. The number of halogens is 2. The predicted molar refractivity (Wildman–Crippen MR) is 79.8 cm³/mol. The van der Waals surface area contributed by atoms with Crippen molar-refractivity contribution in [1.29, 1.82) is 0 Å². The van der Waals surface area contributed by atoms with E-state index in [0.717, 1.165) is 28.1 Å². The summed E-state index contributed by atoms with van der Waals surface area (Å²) in [4.78, 5) is 2.43. The maximum Gasteiger partial charge on any atom is 0.0486 e. The molecule has 2 nitrogen and oxygen atoms in total. The maximum absolute atomic E-state index is 6.28. The first kappa shape index (κ1) is 13.7. The minimum Gasteiger partial charge on any atom is -0.329 e. The Bertz CT molecular complexity index is 383. The topological polar surface area (TPSA) is 29.3 Å². The standard InChI is InChI=1S/C12H16BrClN2S/c13-9-1-2-11(14)10(7-9)12(8-15)16-3-5-17-6-4-16/h1-2,7,12H,3-6,8,15H2. The number of hydrogen-bond donors (Lipinski definition) is 1. The fraction of sp³-hybridized carbons (Fsp3) is 0.500. The molecule has 0 bridgehead atoms. The Labute approximate surface area is 120 Å². The van der Waals surface area contributed by atoms with Gasteiger partial charge in [-0.05, 0) is 23.8 Å². The first-order valence-corrected chi connectivity index (χ1v) is 8.01. The zero-order valence-electron chi connectivity index (χ0n) is 9.53. The monoisotopic (exact) mass is 334 g/mol. The van der Waals surface area contributed by atoms with Crippen molar-refractivity contribution in [2.75, 3.05) is 31.1 Å². The third kappa shape index (κ3) is 3.38. The fourth-order valence-electron chi connectivity index (χ4n) is 2.13. The molecule has 94 valence electrons. The second kappa shape index (κ2) is 6.43. The molecule has 1 aliphatic heterocycles. The van der Waals surface area contributed by atoms with Crippen LogP contribution in [0.1, 0.15) is 11.6 Å². The van der Waals surface area contributed by atoms with Crippen molar-refractivity contribution >= 4 is 39.3 Å². The van der Waals surface area contributed by atoms with E-state index in [-0.39, 0.29) is 6.04 Å². The Kier molecular flexibility index (Phi) is 5.18. The normalized spacial score (nSPS) is 19.2. The Balaban J connectivity index is 2.24. The van der Waals surface area contributed by atoms with E-state index in [9.17, 15) is 0 Å². The molecule has 1 aromatic rings. The van der Waals surface area contributed by atoms with Crippen LogP contribution >= 0.6 is 39.3 Å². The van der Waals surface area contributed by atoms with Crippen molar-refractivity contribution in [1.82, 2.24) is 4.90 Å². The van der Waals surface area contributed by atoms with Crippen LogP contribution in [0.4, 0.5) is 0 Å². The lowest BCUT2D eigenvalue weighted by molar-refractivity contribution is 0.223. The Morgan fingerprint density at radius 1 is 1.41 bits per heavy atom. The third-order valence-corrected chi connectivity index (χ3v) is 4.81. The molecule has 0 radical (unpaired) electrons. The molecule has 0 spiro atoms. The molecule has 1 unspecified atom stereocenters. The average molecular weight is 336 g/mol. The molecule has 1 fully saturated rings. The van der Waals surface area contributed by atoms with Crippen molar-refractivity contribution < 1.29 is 0 Å². The molecular formula is C12H16BrClN2S. The first-order valence-electron chi connectivity index (χ1n) is 5.69. The molecule has 0 amide bonds. The van der Waals surface area contributed by atoms with Gasteiger partial charge in [0.25, 0.3) is 0 Å². The van der Waals surface area contributed by atoms with Crippen LogP contribution in [-0.4, -0.2) is 36.0 Å². The molecule has 1 aliphatic rings. The number of nitrogens with zero attached hydrogens (tertiary/aromatic N) is 1. The van der Waals surface area contributed by atoms with Crippen LogP contribution in [0.3, 0.4) is 0 Å². The van der Waals surface area contributed by atoms with E-state index in [0.29, 0.717) is 6.54 Å². The number of thioether (sulfide) groups is 1. The first-order chi connectivity index (χ1) is 8.22. The summed E-state index contributed by atoms with van der Waals surface area (Å²) in [6.07, 6.45) is 0. The van der Waals surface area contributed by atoms with E-state index in [1.54, 1.807) is 0 Å². The van der Waals surface area contributed by atoms with Gasteiger partial charge in [0.2, 0.25) is 0 Å². The SMILES string of the molecule is NCC(c1cc(Br)ccc1Cl)N1CCSCC1. The summed E-state index contributed by atoms with van der Waals surface area (Å²) in [5, 5.41) is 0.807. The summed E-state index contributed by atoms with van der Waals surface area (Å²) in [5.41, 5.74) is 7.07. The van der Waals surface area contributed by atoms with Crippen LogP contribution in [0.25, 0.3) is 0 Å². The molecule has 1 aromatic carbocycles. The molecule has 0 aromatic heterocycles. The van der Waals surface area contributed by atoms with Crippen molar-refractivity contribution in [3.05, 3.63) is 33.3 Å². The van der Waals surface area contributed by atoms with Gasteiger partial charge in [-0.3, -0.25) is 4.90 Å². The van der Waals surface area contributed by atoms with Crippen LogP contribution in [0.5, 0.6) is 0 Å². The minimum absolute atomic E-state index is 0.237. The van der Waals surface area contributed by atoms with Gasteiger partial charge in [-0.2, -0.15) is 11.8 Å². The molecule has 1 saturated heterocycles. The molecule has 0 saturated carbocycles. The lowest BCUT2D eigenvalue weighted by Crippen LogP contribution is -2.39. The van der Waals surface area contributed by atoms with Crippen LogP contribution in [0.15, 0.2) is 22.7 Å². The van der Waals surface area contributed by atoms with Gasteiger partial charge in [-0.15, -0.1) is 0 Å². The van der Waals surface area contributed by atoms with Gasteiger partial charge in [-0.25, -0.2) is 0 Å². The van der Waals surface area contributed by atoms with Gasteiger partial charge in [0.15, 0.2) is 0 Å². The third-order valence-electron chi connectivity index (χ3n) is 3.03. The van der Waals surface area contributed by atoms with Gasteiger partial charge in [-0.1, -0.05) is 27.5 Å². The van der Waals surface area contributed by atoms with E-state index >= 15 is 0 Å². The lowest BCUT2D eigenvalue weighted by Gasteiger charge is -2.34. The number of nitrogens with two attached hydrogens (primary N) is 1.